The number of aryl methyl sites for hydroxylation is 1. The molecule has 6 nitrogen and oxygen atoms in total. The van der Waals surface area contributed by atoms with E-state index in [1.165, 1.54) is 0 Å². The number of pyridine rings is 1. The van der Waals surface area contributed by atoms with Gasteiger partial charge >= 0.3 is 0 Å². The largest absolute Gasteiger partial charge is 0.311 e. The first kappa shape index (κ1) is 34.5. The third-order valence-corrected chi connectivity index (χ3v) is 11.0. The number of fused-ring (bicyclic) bond motifs is 2. The van der Waals surface area contributed by atoms with Gasteiger partial charge in [-0.1, -0.05) is 109 Å². The van der Waals surface area contributed by atoms with Crippen molar-refractivity contribution in [2.24, 2.45) is 0 Å². The first-order valence-electron chi connectivity index (χ1n) is 19.2. The van der Waals surface area contributed by atoms with Gasteiger partial charge in [0.25, 0.3) is 5.56 Å². The number of imidazole rings is 1. The van der Waals surface area contributed by atoms with Crippen molar-refractivity contribution in [1.82, 2.24) is 9.38 Å². The molecule has 0 N–H and O–H groups in total. The predicted molar refractivity (Wildman–Crippen MR) is 237 cm³/mol. The third-order valence-electron chi connectivity index (χ3n) is 11.0. The van der Waals surface area contributed by atoms with Crippen LogP contribution in [0, 0.1) is 18.3 Å². The minimum absolute atomic E-state index is 0.184. The van der Waals surface area contributed by atoms with Gasteiger partial charge in [-0.15, -0.1) is 0 Å². The van der Waals surface area contributed by atoms with Gasteiger partial charge < -0.3 is 9.80 Å². The Bertz CT molecular complexity index is 2970. The van der Waals surface area contributed by atoms with E-state index >= 15 is 0 Å². The molecule has 274 valence electrons. The van der Waals surface area contributed by atoms with E-state index in [-0.39, 0.29) is 11.3 Å². The van der Waals surface area contributed by atoms with Crippen LogP contribution in [0.2, 0.25) is 0 Å². The van der Waals surface area contributed by atoms with E-state index in [4.69, 9.17) is 4.98 Å². The third kappa shape index (κ3) is 5.73. The Kier molecular flexibility index (Phi) is 8.47. The van der Waals surface area contributed by atoms with E-state index in [1.807, 2.05) is 36.4 Å². The van der Waals surface area contributed by atoms with Gasteiger partial charge in [0.05, 0.1) is 5.69 Å². The molecule has 2 aromatic heterocycles. The van der Waals surface area contributed by atoms with Gasteiger partial charge in [-0.2, -0.15) is 5.26 Å². The SMILES string of the molecule is Cc1c(C#N)nc2c3ccc(-c4ccc(N(c5ccccc5)c5ccccc5)cc4)c4c(-c5ccc(N(c6ccccc6)c6ccccc6)cc5)ccc(c(=O)n12)c43. The van der Waals surface area contributed by atoms with Crippen LogP contribution in [0.15, 0.2) is 199 Å². The molecule has 0 saturated heterocycles. The van der Waals surface area contributed by atoms with Crippen LogP contribution in [0.3, 0.4) is 0 Å². The topological polar surface area (TPSA) is 64.6 Å². The average molecular weight is 746 g/mol. The van der Waals surface area contributed by atoms with Crippen molar-refractivity contribution in [3.05, 3.63) is 216 Å². The molecule has 0 saturated carbocycles. The summed E-state index contributed by atoms with van der Waals surface area (Å²) < 4.78 is 1.59. The Balaban J connectivity index is 1.17. The van der Waals surface area contributed by atoms with Gasteiger partial charge in [0.2, 0.25) is 0 Å². The second kappa shape index (κ2) is 14.2. The van der Waals surface area contributed by atoms with Crippen LogP contribution in [-0.2, 0) is 0 Å². The van der Waals surface area contributed by atoms with Gasteiger partial charge in [0, 0.05) is 50.3 Å². The minimum atomic E-state index is -0.184. The maximum atomic E-state index is 14.3. The summed E-state index contributed by atoms with van der Waals surface area (Å²) in [5.74, 6) is 0. The highest BCUT2D eigenvalue weighted by atomic mass is 16.1. The molecule has 0 amide bonds. The summed E-state index contributed by atoms with van der Waals surface area (Å²) in [6, 6.07) is 69.1. The standard InChI is InChI=1S/C52H35N5O/c1-35-48(34-53)54-51-46-32-30-44(36-22-26-42(27-23-36)56(38-14-6-2-7-15-38)39-16-8-3-9-17-39)49-45(31-33-47(50(46)49)52(58)55(35)51)37-24-28-43(29-25-37)57(40-18-10-4-11-19-40)41-20-12-5-13-21-41/h2-33H,1H3. The first-order chi connectivity index (χ1) is 28.6. The van der Waals surface area contributed by atoms with Gasteiger partial charge in [-0.05, 0) is 119 Å². The highest BCUT2D eigenvalue weighted by Gasteiger charge is 2.23. The summed E-state index contributed by atoms with van der Waals surface area (Å²) in [6.07, 6.45) is 0. The Morgan fingerprint density at radius 1 is 0.466 bits per heavy atom. The van der Waals surface area contributed by atoms with Crippen LogP contribution in [0.4, 0.5) is 34.1 Å². The lowest BCUT2D eigenvalue weighted by atomic mass is 9.88. The molecule has 0 aliphatic heterocycles. The summed E-state index contributed by atoms with van der Waals surface area (Å²) in [5, 5.41) is 13.1. The number of hydrogen-bond donors (Lipinski definition) is 0. The molecule has 0 unspecified atom stereocenters. The maximum absolute atomic E-state index is 14.3. The molecule has 6 heteroatoms. The molecule has 0 spiro atoms. The quantitative estimate of drug-likeness (QED) is 0.155. The number of aromatic nitrogens is 2. The Hall–Kier alpha value is -8.01. The molecule has 0 atom stereocenters. The van der Waals surface area contributed by atoms with Crippen molar-refractivity contribution in [2.75, 3.05) is 9.80 Å². The van der Waals surface area contributed by atoms with E-state index in [0.29, 0.717) is 16.7 Å². The van der Waals surface area contributed by atoms with E-state index in [2.05, 4.69) is 174 Å². The van der Waals surface area contributed by atoms with E-state index < -0.39 is 0 Å². The Morgan fingerprint density at radius 3 is 1.24 bits per heavy atom. The van der Waals surface area contributed by atoms with Crippen LogP contribution in [0.1, 0.15) is 11.4 Å². The fourth-order valence-corrected chi connectivity index (χ4v) is 8.28. The number of benzene rings is 8. The summed E-state index contributed by atoms with van der Waals surface area (Å²) >= 11 is 0. The van der Waals surface area contributed by atoms with Gasteiger partial charge in [-0.3, -0.25) is 9.20 Å². The van der Waals surface area contributed by atoms with Gasteiger partial charge in [-0.25, -0.2) is 4.98 Å². The van der Waals surface area contributed by atoms with Crippen LogP contribution < -0.4 is 15.4 Å². The van der Waals surface area contributed by atoms with Crippen LogP contribution >= 0.6 is 0 Å². The second-order valence-electron chi connectivity index (χ2n) is 14.3. The lowest BCUT2D eigenvalue weighted by Crippen LogP contribution is -2.15. The van der Waals surface area contributed by atoms with Crippen molar-refractivity contribution in [3.8, 4) is 28.3 Å². The van der Waals surface area contributed by atoms with Crippen molar-refractivity contribution >= 4 is 61.3 Å². The van der Waals surface area contributed by atoms with Crippen molar-refractivity contribution in [3.63, 3.8) is 0 Å². The second-order valence-corrected chi connectivity index (χ2v) is 14.3. The normalized spacial score (nSPS) is 11.2. The predicted octanol–water partition coefficient (Wildman–Crippen LogP) is 12.9. The fraction of sp³-hybridized carbons (Fsp3) is 0.0192. The lowest BCUT2D eigenvalue weighted by Gasteiger charge is -2.26. The molecule has 0 aliphatic carbocycles. The molecular weight excluding hydrogens is 711 g/mol. The summed E-state index contributed by atoms with van der Waals surface area (Å²) in [7, 11) is 0. The van der Waals surface area contributed by atoms with Crippen molar-refractivity contribution < 1.29 is 0 Å². The number of nitriles is 1. The Morgan fingerprint density at radius 2 is 0.845 bits per heavy atom. The molecule has 8 aromatic carbocycles. The summed E-state index contributed by atoms with van der Waals surface area (Å²) in [4.78, 5) is 23.5. The molecule has 0 aliphatic rings. The number of hydrogen-bond acceptors (Lipinski definition) is 5. The zero-order valence-electron chi connectivity index (χ0n) is 31.6. The Labute approximate surface area is 335 Å². The van der Waals surface area contributed by atoms with Crippen LogP contribution in [-0.4, -0.2) is 9.38 Å². The highest BCUT2D eigenvalue weighted by molar-refractivity contribution is 6.23. The van der Waals surface area contributed by atoms with Gasteiger partial charge in [0.15, 0.2) is 5.69 Å². The molecular formula is C52H35N5O. The fourth-order valence-electron chi connectivity index (χ4n) is 8.28. The van der Waals surface area contributed by atoms with Crippen molar-refractivity contribution in [2.45, 2.75) is 6.92 Å². The summed E-state index contributed by atoms with van der Waals surface area (Å²) in [5.41, 5.74) is 11.4. The number of rotatable bonds is 8. The summed E-state index contributed by atoms with van der Waals surface area (Å²) in [6.45, 7) is 1.78. The van der Waals surface area contributed by atoms with Crippen molar-refractivity contribution in [1.29, 1.82) is 5.26 Å². The molecule has 2 heterocycles. The van der Waals surface area contributed by atoms with Crippen LogP contribution in [0.5, 0.6) is 0 Å². The number of nitrogens with zero attached hydrogens (tertiary/aromatic N) is 5. The smallest absolute Gasteiger partial charge is 0.264 e. The minimum Gasteiger partial charge on any atom is -0.311 e. The number of anilines is 6. The maximum Gasteiger partial charge on any atom is 0.264 e. The number of para-hydroxylation sites is 4. The molecule has 0 radical (unpaired) electrons. The van der Waals surface area contributed by atoms with E-state index in [9.17, 15) is 10.1 Å². The van der Waals surface area contributed by atoms with Crippen LogP contribution in [0.25, 0.3) is 49.4 Å². The van der Waals surface area contributed by atoms with E-state index in [1.54, 1.807) is 11.3 Å². The van der Waals surface area contributed by atoms with Gasteiger partial charge in [0.1, 0.15) is 11.7 Å². The van der Waals surface area contributed by atoms with E-state index in [0.717, 1.165) is 72.5 Å². The monoisotopic (exact) mass is 745 g/mol. The molecule has 0 bridgehead atoms. The zero-order valence-corrected chi connectivity index (χ0v) is 31.6. The lowest BCUT2D eigenvalue weighted by molar-refractivity contribution is 1.07. The zero-order chi connectivity index (χ0) is 39.2. The molecule has 10 rings (SSSR count). The molecule has 58 heavy (non-hydrogen) atoms. The average Bonchev–Trinajstić information content (AvgIpc) is 3.63. The molecule has 10 aromatic rings. The first-order valence-corrected chi connectivity index (χ1v) is 19.2. The molecule has 0 fully saturated rings. The highest BCUT2D eigenvalue weighted by Crippen LogP contribution is 2.44.